The SMILES string of the molecule is C[C@H]1COc2cc(-c3nnc(C(F)F)o3)cc(F)c2CN1C(=O)[C@H]1CCNC1=O. The van der Waals surface area contributed by atoms with Crippen LogP contribution in [-0.2, 0) is 16.1 Å². The van der Waals surface area contributed by atoms with Gasteiger partial charge in [0, 0.05) is 17.7 Å². The molecule has 29 heavy (non-hydrogen) atoms. The second kappa shape index (κ2) is 7.37. The van der Waals surface area contributed by atoms with Gasteiger partial charge in [-0.3, -0.25) is 9.59 Å². The Balaban J connectivity index is 1.64. The van der Waals surface area contributed by atoms with Crippen molar-refractivity contribution in [1.82, 2.24) is 20.4 Å². The Morgan fingerprint density at radius 2 is 2.14 bits per heavy atom. The highest BCUT2D eigenvalue weighted by atomic mass is 19.3. The number of hydrogen-bond acceptors (Lipinski definition) is 6. The van der Waals surface area contributed by atoms with E-state index in [1.165, 1.54) is 11.0 Å². The van der Waals surface area contributed by atoms with Crippen LogP contribution in [0, 0.1) is 11.7 Å². The van der Waals surface area contributed by atoms with Gasteiger partial charge in [0.1, 0.15) is 24.1 Å². The zero-order valence-electron chi connectivity index (χ0n) is 15.3. The first-order valence-corrected chi connectivity index (χ1v) is 9.00. The highest BCUT2D eigenvalue weighted by Gasteiger charge is 2.38. The van der Waals surface area contributed by atoms with Crippen molar-refractivity contribution in [3.8, 4) is 17.2 Å². The van der Waals surface area contributed by atoms with Crippen LogP contribution in [0.5, 0.6) is 5.75 Å². The number of alkyl halides is 2. The molecule has 2 aliphatic rings. The molecule has 2 atom stereocenters. The third-order valence-corrected chi connectivity index (χ3v) is 5.00. The normalized spacial score (nSPS) is 21.6. The molecular formula is C18H17F3N4O4. The lowest BCUT2D eigenvalue weighted by Gasteiger charge is -2.28. The van der Waals surface area contributed by atoms with Gasteiger partial charge in [0.05, 0.1) is 12.6 Å². The average molecular weight is 410 g/mol. The number of nitrogens with one attached hydrogen (secondary N) is 1. The minimum Gasteiger partial charge on any atom is -0.491 e. The summed E-state index contributed by atoms with van der Waals surface area (Å²) in [6.07, 6.45) is -2.55. The van der Waals surface area contributed by atoms with Crippen molar-refractivity contribution < 1.29 is 31.9 Å². The van der Waals surface area contributed by atoms with Crippen LogP contribution in [0.25, 0.3) is 11.5 Å². The van der Waals surface area contributed by atoms with E-state index in [0.29, 0.717) is 13.0 Å². The van der Waals surface area contributed by atoms with E-state index < -0.39 is 30.1 Å². The van der Waals surface area contributed by atoms with Gasteiger partial charge >= 0.3 is 6.43 Å². The molecule has 2 aliphatic heterocycles. The fourth-order valence-electron chi connectivity index (χ4n) is 3.41. The van der Waals surface area contributed by atoms with E-state index in [1.54, 1.807) is 6.92 Å². The number of hydrogen-bond donors (Lipinski definition) is 1. The van der Waals surface area contributed by atoms with Gasteiger partial charge in [0.15, 0.2) is 0 Å². The Bertz CT molecular complexity index is 965. The highest BCUT2D eigenvalue weighted by Crippen LogP contribution is 2.34. The first-order valence-electron chi connectivity index (χ1n) is 9.00. The number of aromatic nitrogens is 2. The number of carbonyl (C=O) groups excluding carboxylic acids is 2. The monoisotopic (exact) mass is 410 g/mol. The van der Waals surface area contributed by atoms with Crippen LogP contribution in [0.2, 0.25) is 0 Å². The van der Waals surface area contributed by atoms with Crippen molar-refractivity contribution >= 4 is 11.8 Å². The summed E-state index contributed by atoms with van der Waals surface area (Å²) >= 11 is 0. The van der Waals surface area contributed by atoms with E-state index in [1.807, 2.05) is 0 Å². The van der Waals surface area contributed by atoms with Crippen molar-refractivity contribution in [3.63, 3.8) is 0 Å². The van der Waals surface area contributed by atoms with Crippen molar-refractivity contribution in [3.05, 3.63) is 29.4 Å². The predicted octanol–water partition coefficient (Wildman–Crippen LogP) is 2.06. The summed E-state index contributed by atoms with van der Waals surface area (Å²) in [5.41, 5.74) is 0.210. The van der Waals surface area contributed by atoms with Gasteiger partial charge in [-0.1, -0.05) is 0 Å². The summed E-state index contributed by atoms with van der Waals surface area (Å²) in [7, 11) is 0. The maximum atomic E-state index is 14.8. The second-order valence-electron chi connectivity index (χ2n) is 6.94. The number of amides is 2. The fourth-order valence-corrected chi connectivity index (χ4v) is 3.41. The fraction of sp³-hybridized carbons (Fsp3) is 0.444. The molecule has 1 aromatic carbocycles. The molecule has 2 amide bonds. The van der Waals surface area contributed by atoms with Crippen LogP contribution in [0.3, 0.4) is 0 Å². The third kappa shape index (κ3) is 3.52. The third-order valence-electron chi connectivity index (χ3n) is 5.00. The summed E-state index contributed by atoms with van der Waals surface area (Å²) in [5.74, 6) is -3.21. The van der Waals surface area contributed by atoms with E-state index in [0.717, 1.165) is 6.07 Å². The van der Waals surface area contributed by atoms with Crippen LogP contribution in [-0.4, -0.2) is 46.1 Å². The minimum atomic E-state index is -2.94. The molecule has 8 nitrogen and oxygen atoms in total. The average Bonchev–Trinajstić information content (AvgIpc) is 3.30. The topological polar surface area (TPSA) is 97.6 Å². The van der Waals surface area contributed by atoms with E-state index in [9.17, 15) is 22.8 Å². The molecule has 0 radical (unpaired) electrons. The Morgan fingerprint density at radius 1 is 1.34 bits per heavy atom. The van der Waals surface area contributed by atoms with Crippen molar-refractivity contribution in [2.75, 3.05) is 13.2 Å². The maximum Gasteiger partial charge on any atom is 0.314 e. The molecule has 0 unspecified atom stereocenters. The lowest BCUT2D eigenvalue weighted by Crippen LogP contribution is -2.45. The molecule has 11 heteroatoms. The summed E-state index contributed by atoms with van der Waals surface area (Å²) in [4.78, 5) is 26.1. The molecule has 154 valence electrons. The molecule has 0 spiro atoms. The Kier molecular flexibility index (Phi) is 4.89. The molecule has 2 aromatic rings. The molecule has 1 fully saturated rings. The van der Waals surface area contributed by atoms with Gasteiger partial charge < -0.3 is 19.4 Å². The highest BCUT2D eigenvalue weighted by molar-refractivity contribution is 6.01. The standard InChI is InChI=1S/C18H17F3N4O4/c1-8-7-28-13-5-9(16-23-24-17(29-16)14(20)21)4-12(19)11(13)6-25(8)18(27)10-2-3-22-15(10)26/h4-5,8,10,14H,2-3,6-7H2,1H3,(H,22,26)/t8-,10-/m0/s1. The molecule has 0 saturated carbocycles. The molecule has 4 rings (SSSR count). The van der Waals surface area contributed by atoms with E-state index >= 15 is 0 Å². The number of rotatable bonds is 3. The Labute approximate surface area is 163 Å². The number of benzene rings is 1. The summed E-state index contributed by atoms with van der Waals surface area (Å²) in [6, 6.07) is 2.07. The summed E-state index contributed by atoms with van der Waals surface area (Å²) in [6.45, 7) is 2.15. The summed E-state index contributed by atoms with van der Waals surface area (Å²) < 4.78 is 50.7. The van der Waals surface area contributed by atoms with Crippen LogP contribution >= 0.6 is 0 Å². The van der Waals surface area contributed by atoms with Gasteiger partial charge in [0.25, 0.3) is 5.89 Å². The number of carbonyl (C=O) groups is 2. The largest absolute Gasteiger partial charge is 0.491 e. The lowest BCUT2D eigenvalue weighted by molar-refractivity contribution is -0.142. The smallest absolute Gasteiger partial charge is 0.314 e. The number of fused-ring (bicyclic) bond motifs is 1. The van der Waals surface area contributed by atoms with Crippen LogP contribution in [0.4, 0.5) is 13.2 Å². The molecule has 3 heterocycles. The molecule has 0 bridgehead atoms. The van der Waals surface area contributed by atoms with Crippen molar-refractivity contribution in [2.24, 2.45) is 5.92 Å². The van der Waals surface area contributed by atoms with Gasteiger partial charge in [-0.05, 0) is 25.5 Å². The van der Waals surface area contributed by atoms with Gasteiger partial charge in [-0.15, -0.1) is 10.2 Å². The maximum absolute atomic E-state index is 14.8. The molecule has 0 aliphatic carbocycles. The number of nitrogens with zero attached hydrogens (tertiary/aromatic N) is 3. The zero-order valence-corrected chi connectivity index (χ0v) is 15.3. The van der Waals surface area contributed by atoms with Gasteiger partial charge in [-0.25, -0.2) is 4.39 Å². The Morgan fingerprint density at radius 3 is 2.79 bits per heavy atom. The van der Waals surface area contributed by atoms with Crippen LogP contribution in [0.1, 0.15) is 31.2 Å². The van der Waals surface area contributed by atoms with E-state index in [-0.39, 0.29) is 47.7 Å². The quantitative estimate of drug-likeness (QED) is 0.778. The zero-order chi connectivity index (χ0) is 20.7. The summed E-state index contributed by atoms with van der Waals surface area (Å²) in [5, 5.41) is 9.36. The van der Waals surface area contributed by atoms with Crippen molar-refractivity contribution in [2.45, 2.75) is 32.4 Å². The molecule has 1 aromatic heterocycles. The van der Waals surface area contributed by atoms with Gasteiger partial charge in [-0.2, -0.15) is 8.78 Å². The first kappa shape index (κ1) is 19.2. The minimum absolute atomic E-state index is 0.0715. The number of ether oxygens (including phenoxy) is 1. The lowest BCUT2D eigenvalue weighted by atomic mass is 10.0. The first-order chi connectivity index (χ1) is 13.8. The Hall–Kier alpha value is -3.11. The second-order valence-corrected chi connectivity index (χ2v) is 6.94. The van der Waals surface area contributed by atoms with E-state index in [2.05, 4.69) is 15.5 Å². The predicted molar refractivity (Wildman–Crippen MR) is 91.3 cm³/mol. The molecule has 1 N–H and O–H groups in total. The van der Waals surface area contributed by atoms with Gasteiger partial charge in [0.2, 0.25) is 17.7 Å². The molecule has 1 saturated heterocycles. The molecular weight excluding hydrogens is 393 g/mol. The van der Waals surface area contributed by atoms with Crippen LogP contribution in [0.15, 0.2) is 16.5 Å². The van der Waals surface area contributed by atoms with E-state index in [4.69, 9.17) is 9.15 Å². The van der Waals surface area contributed by atoms with Crippen LogP contribution < -0.4 is 10.1 Å². The number of halogens is 3. The van der Waals surface area contributed by atoms with Crippen molar-refractivity contribution in [1.29, 1.82) is 0 Å².